The van der Waals surface area contributed by atoms with Crippen molar-refractivity contribution in [3.8, 4) is 0 Å². The number of ether oxygens (including phenoxy) is 1. The van der Waals surface area contributed by atoms with Crippen LogP contribution in [0.1, 0.15) is 36.5 Å². The predicted octanol–water partition coefficient (Wildman–Crippen LogP) is 5.53. The van der Waals surface area contributed by atoms with E-state index in [1.165, 1.54) is 0 Å². The molecule has 0 saturated heterocycles. The van der Waals surface area contributed by atoms with Crippen LogP contribution in [0.2, 0.25) is 10.0 Å². The third-order valence-electron chi connectivity index (χ3n) is 4.37. The fourth-order valence-electron chi connectivity index (χ4n) is 3.33. The predicted molar refractivity (Wildman–Crippen MR) is 106 cm³/mol. The number of hydrogen-bond donors (Lipinski definition) is 1. The number of hydrogen-bond acceptors (Lipinski definition) is 3. The monoisotopic (exact) mass is 392 g/mol. The van der Waals surface area contributed by atoms with Crippen LogP contribution in [-0.4, -0.2) is 30.7 Å². The molecule has 0 aromatic heterocycles. The van der Waals surface area contributed by atoms with Crippen LogP contribution in [0.5, 0.6) is 0 Å². The van der Waals surface area contributed by atoms with Crippen LogP contribution in [0, 0.1) is 0 Å². The third kappa shape index (κ3) is 4.32. The number of nitrogens with one attached hydrogen (secondary N) is 1. The van der Waals surface area contributed by atoms with Crippen molar-refractivity contribution in [2.75, 3.05) is 18.9 Å². The molecule has 1 unspecified atom stereocenters. The molecule has 0 aliphatic carbocycles. The summed E-state index contributed by atoms with van der Waals surface area (Å²) in [6.45, 7) is 5.28. The summed E-state index contributed by atoms with van der Waals surface area (Å²) in [7, 11) is 2.07. The lowest BCUT2D eigenvalue weighted by Gasteiger charge is -2.33. The third-order valence-corrected chi connectivity index (χ3v) is 4.93. The molecule has 0 radical (unpaired) electrons. The number of nitrogens with zero attached hydrogens (tertiary/aromatic N) is 1. The van der Waals surface area contributed by atoms with Crippen molar-refractivity contribution in [3.63, 3.8) is 0 Å². The van der Waals surface area contributed by atoms with E-state index in [4.69, 9.17) is 27.9 Å². The van der Waals surface area contributed by atoms with E-state index in [2.05, 4.69) is 23.3 Å². The molecule has 1 N–H and O–H groups in total. The Bertz CT molecular complexity index is 823. The molecule has 1 aliphatic rings. The number of rotatable bonds is 3. The molecule has 6 heteroatoms. The normalized spacial score (nSPS) is 17.1. The summed E-state index contributed by atoms with van der Waals surface area (Å²) in [5, 5.41) is 4.11. The molecule has 0 saturated carbocycles. The summed E-state index contributed by atoms with van der Waals surface area (Å²) in [5.41, 5.74) is 4.05. The van der Waals surface area contributed by atoms with Gasteiger partial charge in [0.05, 0.1) is 6.10 Å². The zero-order valence-corrected chi connectivity index (χ0v) is 16.6. The quantitative estimate of drug-likeness (QED) is 0.746. The van der Waals surface area contributed by atoms with Gasteiger partial charge < -0.3 is 9.64 Å². The van der Waals surface area contributed by atoms with Gasteiger partial charge in [0.1, 0.15) is 0 Å². The van der Waals surface area contributed by atoms with Gasteiger partial charge in [0, 0.05) is 34.7 Å². The first-order valence-corrected chi connectivity index (χ1v) is 9.33. The van der Waals surface area contributed by atoms with Crippen molar-refractivity contribution in [1.29, 1.82) is 0 Å². The molecule has 0 fully saturated rings. The molecule has 1 heterocycles. The highest BCUT2D eigenvalue weighted by Crippen LogP contribution is 2.38. The first kappa shape index (κ1) is 19.0. The van der Waals surface area contributed by atoms with Crippen molar-refractivity contribution in [3.05, 3.63) is 63.1 Å². The van der Waals surface area contributed by atoms with Crippen LogP contribution in [0.3, 0.4) is 0 Å². The van der Waals surface area contributed by atoms with E-state index in [0.717, 1.165) is 29.8 Å². The number of fused-ring (bicyclic) bond motifs is 1. The number of benzene rings is 2. The number of anilines is 1. The first-order valence-electron chi connectivity index (χ1n) is 8.57. The summed E-state index contributed by atoms with van der Waals surface area (Å²) < 4.78 is 5.15. The van der Waals surface area contributed by atoms with Crippen molar-refractivity contribution >= 4 is 35.0 Å². The van der Waals surface area contributed by atoms with Gasteiger partial charge in [-0.25, -0.2) is 4.79 Å². The second kappa shape index (κ2) is 7.87. The van der Waals surface area contributed by atoms with Gasteiger partial charge in [0.2, 0.25) is 0 Å². The summed E-state index contributed by atoms with van der Waals surface area (Å²) in [5.74, 6) is 0.128. The Morgan fingerprint density at radius 3 is 2.77 bits per heavy atom. The Kier molecular flexibility index (Phi) is 5.76. The van der Waals surface area contributed by atoms with Crippen LogP contribution < -0.4 is 5.32 Å². The van der Waals surface area contributed by atoms with Gasteiger partial charge in [-0.2, -0.15) is 0 Å². The fraction of sp³-hybridized carbons (Fsp3) is 0.350. The minimum absolute atomic E-state index is 0.128. The molecular formula is C20H22Cl2N2O2. The van der Waals surface area contributed by atoms with Crippen molar-refractivity contribution < 1.29 is 9.53 Å². The number of likely N-dealkylation sites (N-methyl/N-ethyl adjacent to an activating group) is 1. The maximum atomic E-state index is 11.9. The molecule has 138 valence electrons. The standard InChI is InChI=1S/C20H22Cl2N2O2/c1-12(2)26-20(25)23-15-6-4-5-13(7-15)17-10-24(3)11-18-16(17)8-14(21)9-19(18)22/h4-9,12,17H,10-11H2,1-3H3,(H,23,25). The Morgan fingerprint density at radius 2 is 2.04 bits per heavy atom. The summed E-state index contributed by atoms with van der Waals surface area (Å²) in [6.07, 6.45) is -0.620. The Morgan fingerprint density at radius 1 is 1.27 bits per heavy atom. The molecule has 26 heavy (non-hydrogen) atoms. The lowest BCUT2D eigenvalue weighted by molar-refractivity contribution is 0.130. The molecular weight excluding hydrogens is 371 g/mol. The number of amides is 1. The SMILES string of the molecule is CC(C)OC(=O)Nc1cccc(C2CN(C)Cc3c(Cl)cc(Cl)cc32)c1. The van der Waals surface area contributed by atoms with Crippen molar-refractivity contribution in [2.24, 2.45) is 0 Å². The molecule has 3 rings (SSSR count). The van der Waals surface area contributed by atoms with Crippen LogP contribution in [-0.2, 0) is 11.3 Å². The molecule has 2 aromatic carbocycles. The molecule has 0 spiro atoms. The highest BCUT2D eigenvalue weighted by molar-refractivity contribution is 6.35. The smallest absolute Gasteiger partial charge is 0.411 e. The zero-order valence-electron chi connectivity index (χ0n) is 15.1. The second-order valence-electron chi connectivity index (χ2n) is 6.91. The van der Waals surface area contributed by atoms with Gasteiger partial charge >= 0.3 is 6.09 Å². The lowest BCUT2D eigenvalue weighted by Crippen LogP contribution is -2.31. The average Bonchev–Trinajstić information content (AvgIpc) is 2.54. The first-order chi connectivity index (χ1) is 12.3. The number of halogens is 2. The van der Waals surface area contributed by atoms with E-state index in [-0.39, 0.29) is 12.0 Å². The van der Waals surface area contributed by atoms with E-state index in [0.29, 0.717) is 15.7 Å². The van der Waals surface area contributed by atoms with Gasteiger partial charge in [-0.05, 0) is 61.9 Å². The van der Waals surface area contributed by atoms with Gasteiger partial charge in [-0.3, -0.25) is 5.32 Å². The Hall–Kier alpha value is -1.75. The zero-order chi connectivity index (χ0) is 18.8. The minimum Gasteiger partial charge on any atom is -0.447 e. The van der Waals surface area contributed by atoms with E-state index < -0.39 is 6.09 Å². The highest BCUT2D eigenvalue weighted by Gasteiger charge is 2.27. The van der Waals surface area contributed by atoms with Crippen LogP contribution >= 0.6 is 23.2 Å². The largest absolute Gasteiger partial charge is 0.447 e. The van der Waals surface area contributed by atoms with E-state index >= 15 is 0 Å². The van der Waals surface area contributed by atoms with Gasteiger partial charge in [0.25, 0.3) is 0 Å². The van der Waals surface area contributed by atoms with Crippen LogP contribution in [0.25, 0.3) is 0 Å². The summed E-state index contributed by atoms with van der Waals surface area (Å²) in [4.78, 5) is 14.1. The highest BCUT2D eigenvalue weighted by atomic mass is 35.5. The minimum atomic E-state index is -0.454. The summed E-state index contributed by atoms with van der Waals surface area (Å²) >= 11 is 12.7. The molecule has 1 aliphatic heterocycles. The second-order valence-corrected chi connectivity index (χ2v) is 7.75. The number of carbonyl (C=O) groups excluding carboxylic acids is 1. The fourth-order valence-corrected chi connectivity index (χ4v) is 3.89. The lowest BCUT2D eigenvalue weighted by atomic mass is 9.84. The molecule has 1 amide bonds. The van der Waals surface area contributed by atoms with Crippen molar-refractivity contribution in [1.82, 2.24) is 4.90 Å². The molecule has 2 aromatic rings. The topological polar surface area (TPSA) is 41.6 Å². The van der Waals surface area contributed by atoms with Crippen molar-refractivity contribution in [2.45, 2.75) is 32.4 Å². The van der Waals surface area contributed by atoms with E-state index in [1.807, 2.05) is 38.1 Å². The Labute approximate surface area is 164 Å². The van der Waals surface area contributed by atoms with Gasteiger partial charge in [0.15, 0.2) is 0 Å². The van der Waals surface area contributed by atoms with E-state index in [1.54, 1.807) is 6.07 Å². The van der Waals surface area contributed by atoms with Crippen LogP contribution in [0.15, 0.2) is 36.4 Å². The van der Waals surface area contributed by atoms with Gasteiger partial charge in [-0.1, -0.05) is 35.3 Å². The Balaban J connectivity index is 1.93. The number of carbonyl (C=O) groups is 1. The molecule has 0 bridgehead atoms. The van der Waals surface area contributed by atoms with Gasteiger partial charge in [-0.15, -0.1) is 0 Å². The molecule has 4 nitrogen and oxygen atoms in total. The maximum absolute atomic E-state index is 11.9. The van der Waals surface area contributed by atoms with E-state index in [9.17, 15) is 4.79 Å². The van der Waals surface area contributed by atoms with Crippen LogP contribution in [0.4, 0.5) is 10.5 Å². The maximum Gasteiger partial charge on any atom is 0.411 e. The average molecular weight is 393 g/mol. The summed E-state index contributed by atoms with van der Waals surface area (Å²) in [6, 6.07) is 11.6. The molecule has 1 atom stereocenters.